The first kappa shape index (κ1) is 15.8. The Bertz CT molecular complexity index is 484. The Kier molecular flexibility index (Phi) is 5.36. The number of rotatable bonds is 4. The van der Waals surface area contributed by atoms with E-state index < -0.39 is 17.7 Å². The van der Waals surface area contributed by atoms with Crippen LogP contribution in [-0.2, 0) is 22.3 Å². The molecule has 5 nitrogen and oxygen atoms in total. The maximum absolute atomic E-state index is 12.3. The second kappa shape index (κ2) is 6.78. The molecule has 0 bridgehead atoms. The molecule has 8 heteroatoms. The lowest BCUT2D eigenvalue weighted by molar-refractivity contribution is -0.137. The van der Waals surface area contributed by atoms with Crippen LogP contribution in [0.5, 0.6) is 0 Å². The quantitative estimate of drug-likeness (QED) is 0.382. The van der Waals surface area contributed by atoms with Crippen molar-refractivity contribution in [3.63, 3.8) is 0 Å². The van der Waals surface area contributed by atoms with Crippen molar-refractivity contribution in [2.24, 2.45) is 10.8 Å². The fourth-order valence-electron chi connectivity index (χ4n) is 1.28. The molecular weight excluding hydrogens is 275 g/mol. The van der Waals surface area contributed by atoms with Gasteiger partial charge in [-0.3, -0.25) is 0 Å². The van der Waals surface area contributed by atoms with Gasteiger partial charge in [0.2, 0.25) is 5.84 Å². The molecule has 0 radical (unpaired) electrons. The average molecular weight is 289 g/mol. The van der Waals surface area contributed by atoms with Gasteiger partial charge in [0.25, 0.3) is 0 Å². The fourth-order valence-corrected chi connectivity index (χ4v) is 1.28. The third kappa shape index (κ3) is 4.79. The number of esters is 1. The minimum absolute atomic E-state index is 0.137. The van der Waals surface area contributed by atoms with Gasteiger partial charge in [-0.2, -0.15) is 18.3 Å². The lowest BCUT2D eigenvalue weighted by Gasteiger charge is -2.07. The summed E-state index contributed by atoms with van der Waals surface area (Å²) in [5.74, 6) is -1.11. The molecule has 0 aliphatic carbocycles. The molecule has 0 spiro atoms. The SMILES string of the molecule is CCOC(=O)/C(N)=N/NCc1ccc(C(F)(F)F)cc1. The molecule has 0 amide bonds. The fraction of sp³-hybridized carbons (Fsp3) is 0.333. The summed E-state index contributed by atoms with van der Waals surface area (Å²) in [6.45, 7) is 1.94. The van der Waals surface area contributed by atoms with Gasteiger partial charge in [0.05, 0.1) is 18.7 Å². The summed E-state index contributed by atoms with van der Waals surface area (Å²) in [5, 5.41) is 3.56. The number of hydrogen-bond donors (Lipinski definition) is 2. The highest BCUT2D eigenvalue weighted by Crippen LogP contribution is 2.28. The van der Waals surface area contributed by atoms with Crippen molar-refractivity contribution < 1.29 is 22.7 Å². The molecular formula is C12H14F3N3O2. The van der Waals surface area contributed by atoms with Crippen LogP contribution >= 0.6 is 0 Å². The van der Waals surface area contributed by atoms with E-state index in [1.54, 1.807) is 6.92 Å². The largest absolute Gasteiger partial charge is 0.460 e. The average Bonchev–Trinajstić information content (AvgIpc) is 2.38. The van der Waals surface area contributed by atoms with Crippen molar-refractivity contribution >= 4 is 11.8 Å². The van der Waals surface area contributed by atoms with E-state index in [4.69, 9.17) is 5.73 Å². The van der Waals surface area contributed by atoms with Crippen LogP contribution in [-0.4, -0.2) is 18.4 Å². The van der Waals surface area contributed by atoms with Gasteiger partial charge in [0.1, 0.15) is 0 Å². The van der Waals surface area contributed by atoms with E-state index in [9.17, 15) is 18.0 Å². The number of alkyl halides is 3. The number of nitrogens with zero attached hydrogens (tertiary/aromatic N) is 1. The van der Waals surface area contributed by atoms with Gasteiger partial charge in [-0.1, -0.05) is 12.1 Å². The smallest absolute Gasteiger partial charge is 0.416 e. The van der Waals surface area contributed by atoms with Gasteiger partial charge in [0.15, 0.2) is 0 Å². The van der Waals surface area contributed by atoms with Gasteiger partial charge in [-0.25, -0.2) is 4.79 Å². The minimum Gasteiger partial charge on any atom is -0.460 e. The molecule has 0 heterocycles. The van der Waals surface area contributed by atoms with E-state index in [1.807, 2.05) is 0 Å². The normalized spacial score (nSPS) is 12.1. The highest BCUT2D eigenvalue weighted by atomic mass is 19.4. The van der Waals surface area contributed by atoms with Crippen molar-refractivity contribution in [1.82, 2.24) is 5.43 Å². The molecule has 0 aromatic heterocycles. The lowest BCUT2D eigenvalue weighted by atomic mass is 10.1. The Hall–Kier alpha value is -2.25. The molecule has 0 saturated carbocycles. The second-order valence-electron chi connectivity index (χ2n) is 3.75. The first-order chi connectivity index (χ1) is 9.34. The van der Waals surface area contributed by atoms with Crippen LogP contribution < -0.4 is 11.2 Å². The zero-order chi connectivity index (χ0) is 15.2. The van der Waals surface area contributed by atoms with Gasteiger partial charge < -0.3 is 15.9 Å². The molecule has 1 aromatic carbocycles. The van der Waals surface area contributed by atoms with Gasteiger partial charge in [0, 0.05) is 0 Å². The summed E-state index contributed by atoms with van der Waals surface area (Å²) >= 11 is 0. The molecule has 0 atom stereocenters. The third-order valence-corrected chi connectivity index (χ3v) is 2.25. The number of hydrazone groups is 1. The van der Waals surface area contributed by atoms with Crippen LogP contribution in [0.25, 0.3) is 0 Å². The Labute approximate surface area is 113 Å². The summed E-state index contributed by atoms with van der Waals surface area (Å²) in [5.41, 5.74) is 7.63. The van der Waals surface area contributed by atoms with Crippen LogP contribution in [0.1, 0.15) is 18.1 Å². The predicted molar refractivity (Wildman–Crippen MR) is 66.5 cm³/mol. The van der Waals surface area contributed by atoms with Crippen LogP contribution in [0.3, 0.4) is 0 Å². The standard InChI is InChI=1S/C12H14F3N3O2/c1-2-20-11(19)10(16)18-17-7-8-3-5-9(6-4-8)12(13,14)15/h3-6,17H,2,7H2,1H3,(H2,16,18). The Balaban J connectivity index is 2.54. The minimum atomic E-state index is -4.36. The summed E-state index contributed by atoms with van der Waals surface area (Å²) in [6.07, 6.45) is -4.36. The van der Waals surface area contributed by atoms with E-state index in [2.05, 4.69) is 15.3 Å². The number of carbonyl (C=O) groups excluding carboxylic acids is 1. The second-order valence-corrected chi connectivity index (χ2v) is 3.75. The summed E-state index contributed by atoms with van der Waals surface area (Å²) in [4.78, 5) is 11.1. The molecule has 1 rings (SSSR count). The van der Waals surface area contributed by atoms with Crippen molar-refractivity contribution in [2.45, 2.75) is 19.6 Å². The van der Waals surface area contributed by atoms with Crippen LogP contribution in [0.2, 0.25) is 0 Å². The number of carbonyl (C=O) groups is 1. The van der Waals surface area contributed by atoms with Gasteiger partial charge >= 0.3 is 12.1 Å². The summed E-state index contributed by atoms with van der Waals surface area (Å²) in [7, 11) is 0. The zero-order valence-corrected chi connectivity index (χ0v) is 10.7. The van der Waals surface area contributed by atoms with Crippen LogP contribution in [0.15, 0.2) is 29.4 Å². The molecule has 1 aromatic rings. The lowest BCUT2D eigenvalue weighted by Crippen LogP contribution is -2.28. The van der Waals surface area contributed by atoms with Crippen LogP contribution in [0, 0.1) is 0 Å². The predicted octanol–water partition coefficient (Wildman–Crippen LogP) is 1.63. The molecule has 3 N–H and O–H groups in total. The number of benzene rings is 1. The monoisotopic (exact) mass is 289 g/mol. The molecule has 20 heavy (non-hydrogen) atoms. The number of nitrogens with two attached hydrogens (primary N) is 1. The van der Waals surface area contributed by atoms with E-state index in [1.165, 1.54) is 12.1 Å². The van der Waals surface area contributed by atoms with Crippen molar-refractivity contribution in [1.29, 1.82) is 0 Å². The maximum Gasteiger partial charge on any atom is 0.416 e. The topological polar surface area (TPSA) is 76.7 Å². The molecule has 0 unspecified atom stereocenters. The van der Waals surface area contributed by atoms with Crippen molar-refractivity contribution in [3.8, 4) is 0 Å². The number of ether oxygens (including phenoxy) is 1. The van der Waals surface area contributed by atoms with E-state index in [-0.39, 0.29) is 19.0 Å². The molecule has 0 fully saturated rings. The summed E-state index contributed by atoms with van der Waals surface area (Å²) in [6, 6.07) is 4.56. The van der Waals surface area contributed by atoms with Crippen molar-refractivity contribution in [3.05, 3.63) is 35.4 Å². The Morgan fingerprint density at radius 3 is 2.45 bits per heavy atom. The number of amidine groups is 1. The highest BCUT2D eigenvalue weighted by Gasteiger charge is 2.29. The van der Waals surface area contributed by atoms with Crippen molar-refractivity contribution in [2.75, 3.05) is 6.61 Å². The molecule has 0 saturated heterocycles. The first-order valence-corrected chi connectivity index (χ1v) is 5.74. The van der Waals surface area contributed by atoms with E-state index in [0.29, 0.717) is 5.56 Å². The maximum atomic E-state index is 12.3. The number of halogens is 3. The molecule has 0 aliphatic rings. The summed E-state index contributed by atoms with van der Waals surface area (Å²) < 4.78 is 41.6. The van der Waals surface area contributed by atoms with Crippen LogP contribution in [0.4, 0.5) is 13.2 Å². The number of hydrogen-bond acceptors (Lipinski definition) is 4. The highest BCUT2D eigenvalue weighted by molar-refractivity contribution is 6.34. The van der Waals surface area contributed by atoms with Gasteiger partial charge in [-0.15, -0.1) is 0 Å². The Morgan fingerprint density at radius 1 is 1.35 bits per heavy atom. The van der Waals surface area contributed by atoms with E-state index in [0.717, 1.165) is 12.1 Å². The first-order valence-electron chi connectivity index (χ1n) is 5.74. The van der Waals surface area contributed by atoms with Gasteiger partial charge in [-0.05, 0) is 24.6 Å². The third-order valence-electron chi connectivity index (χ3n) is 2.25. The molecule has 0 aliphatic heterocycles. The zero-order valence-electron chi connectivity index (χ0n) is 10.7. The molecule has 110 valence electrons. The Morgan fingerprint density at radius 2 is 1.95 bits per heavy atom. The number of nitrogens with one attached hydrogen (secondary N) is 1. The van der Waals surface area contributed by atoms with E-state index >= 15 is 0 Å².